The molecule has 31 heavy (non-hydrogen) atoms. The first-order valence-corrected chi connectivity index (χ1v) is 9.72. The number of hydrogen-bond donors (Lipinski definition) is 2. The number of carbonyl (C=O) groups is 1. The summed E-state index contributed by atoms with van der Waals surface area (Å²) in [5.74, 6) is 2.30. The van der Waals surface area contributed by atoms with E-state index < -0.39 is 0 Å². The van der Waals surface area contributed by atoms with Gasteiger partial charge in [-0.3, -0.25) is 9.89 Å². The van der Waals surface area contributed by atoms with Crippen molar-refractivity contribution >= 4 is 17.7 Å². The zero-order valence-electron chi connectivity index (χ0n) is 16.4. The molecule has 0 atom stereocenters. The van der Waals surface area contributed by atoms with Gasteiger partial charge < -0.3 is 14.8 Å². The second kappa shape index (κ2) is 8.16. The molecule has 0 spiro atoms. The van der Waals surface area contributed by atoms with E-state index in [1.807, 2.05) is 72.8 Å². The van der Waals surface area contributed by atoms with Crippen LogP contribution in [0.1, 0.15) is 5.56 Å². The Bertz CT molecular complexity index is 1260. The van der Waals surface area contributed by atoms with Crippen LogP contribution < -0.4 is 14.8 Å². The van der Waals surface area contributed by atoms with Crippen LogP contribution in [0.2, 0.25) is 0 Å². The molecule has 4 aromatic rings. The van der Waals surface area contributed by atoms with Gasteiger partial charge in [-0.1, -0.05) is 48.5 Å². The molecule has 7 nitrogen and oxygen atoms in total. The molecule has 1 aromatic heterocycles. The molecule has 152 valence electrons. The first-order valence-electron chi connectivity index (χ1n) is 9.72. The maximum absolute atomic E-state index is 12.5. The number of carbonyl (C=O) groups excluding carboxylic acids is 1. The number of nitrogens with one attached hydrogen (secondary N) is 2. The number of hydrogen-bond acceptors (Lipinski definition) is 5. The van der Waals surface area contributed by atoms with Crippen LogP contribution >= 0.6 is 0 Å². The van der Waals surface area contributed by atoms with Crippen molar-refractivity contribution in [3.05, 3.63) is 84.4 Å². The van der Waals surface area contributed by atoms with Crippen LogP contribution in [-0.4, -0.2) is 27.9 Å². The van der Waals surface area contributed by atoms with E-state index in [4.69, 9.17) is 9.47 Å². The molecule has 0 saturated carbocycles. The van der Waals surface area contributed by atoms with Crippen LogP contribution in [0, 0.1) is 0 Å². The van der Waals surface area contributed by atoms with E-state index in [1.165, 1.54) is 6.08 Å². The van der Waals surface area contributed by atoms with Gasteiger partial charge in [0, 0.05) is 17.2 Å². The van der Waals surface area contributed by atoms with Gasteiger partial charge in [-0.15, -0.1) is 0 Å². The van der Waals surface area contributed by atoms with Crippen molar-refractivity contribution in [1.82, 2.24) is 15.2 Å². The lowest BCUT2D eigenvalue weighted by Gasteiger charge is -2.07. The summed E-state index contributed by atoms with van der Waals surface area (Å²) in [7, 11) is 0. The molecule has 1 aliphatic heterocycles. The van der Waals surface area contributed by atoms with Crippen molar-refractivity contribution in [2.24, 2.45) is 0 Å². The summed E-state index contributed by atoms with van der Waals surface area (Å²) >= 11 is 0. The van der Waals surface area contributed by atoms with Gasteiger partial charge in [0.05, 0.1) is 5.69 Å². The van der Waals surface area contributed by atoms with E-state index in [9.17, 15) is 4.79 Å². The highest BCUT2D eigenvalue weighted by molar-refractivity contribution is 6.04. The number of H-pyrrole nitrogens is 1. The van der Waals surface area contributed by atoms with E-state index in [2.05, 4.69) is 20.5 Å². The van der Waals surface area contributed by atoms with Gasteiger partial charge >= 0.3 is 0 Å². The lowest BCUT2D eigenvalue weighted by molar-refractivity contribution is -0.111. The molecule has 1 amide bonds. The maximum atomic E-state index is 12.5. The van der Waals surface area contributed by atoms with Gasteiger partial charge in [-0.05, 0) is 35.9 Å². The Labute approximate surface area is 178 Å². The smallest absolute Gasteiger partial charge is 0.248 e. The molecular formula is C24H18N4O3. The predicted molar refractivity (Wildman–Crippen MR) is 117 cm³/mol. The third kappa shape index (κ3) is 4.02. The molecule has 5 rings (SSSR count). The zero-order valence-corrected chi connectivity index (χ0v) is 16.4. The number of benzene rings is 3. The number of ether oxygens (including phenoxy) is 2. The predicted octanol–water partition coefficient (Wildman–Crippen LogP) is 4.52. The number of fused-ring (bicyclic) bond motifs is 1. The van der Waals surface area contributed by atoms with Crippen LogP contribution in [0.5, 0.6) is 11.5 Å². The summed E-state index contributed by atoms with van der Waals surface area (Å²) in [6.45, 7) is 0.216. The largest absolute Gasteiger partial charge is 0.454 e. The van der Waals surface area contributed by atoms with E-state index in [1.54, 1.807) is 6.08 Å². The summed E-state index contributed by atoms with van der Waals surface area (Å²) in [5, 5.41) is 10.2. The molecule has 2 heterocycles. The fourth-order valence-electron chi connectivity index (χ4n) is 3.26. The van der Waals surface area contributed by atoms with Gasteiger partial charge in [-0.2, -0.15) is 5.10 Å². The lowest BCUT2D eigenvalue weighted by atomic mass is 10.1. The molecule has 0 aliphatic carbocycles. The van der Waals surface area contributed by atoms with Crippen LogP contribution in [0.4, 0.5) is 5.69 Å². The van der Waals surface area contributed by atoms with Crippen LogP contribution in [-0.2, 0) is 4.79 Å². The molecule has 1 aliphatic rings. The number of aromatic nitrogens is 3. The quantitative estimate of drug-likeness (QED) is 0.472. The molecule has 3 aromatic carbocycles. The van der Waals surface area contributed by atoms with E-state index in [-0.39, 0.29) is 12.7 Å². The Kier molecular flexibility index (Phi) is 4.90. The average Bonchev–Trinajstić information content (AvgIpc) is 3.48. The summed E-state index contributed by atoms with van der Waals surface area (Å²) in [5.41, 5.74) is 3.15. The summed E-state index contributed by atoms with van der Waals surface area (Å²) in [6, 6.07) is 22.7. The van der Waals surface area contributed by atoms with Crippen molar-refractivity contribution in [3.8, 4) is 34.3 Å². The van der Waals surface area contributed by atoms with Crippen LogP contribution in [0.25, 0.3) is 28.9 Å². The Morgan fingerprint density at radius 1 is 0.968 bits per heavy atom. The third-order valence-electron chi connectivity index (χ3n) is 4.78. The van der Waals surface area contributed by atoms with E-state index >= 15 is 0 Å². The minimum Gasteiger partial charge on any atom is -0.454 e. The van der Waals surface area contributed by atoms with E-state index in [0.29, 0.717) is 28.8 Å². The van der Waals surface area contributed by atoms with Gasteiger partial charge in [0.1, 0.15) is 0 Å². The monoisotopic (exact) mass is 410 g/mol. The molecule has 7 heteroatoms. The standard InChI is InChI=1S/C24H18N4O3/c29-22(13-11-16-10-12-20-21(14-16)31-15-30-20)25-19-9-5-4-8-18(19)24-26-23(27-28-24)17-6-2-1-3-7-17/h1-14H,15H2,(H,25,29)(H,26,27,28)/b13-11+. The molecule has 0 radical (unpaired) electrons. The second-order valence-corrected chi connectivity index (χ2v) is 6.85. The van der Waals surface area contributed by atoms with Gasteiger partial charge in [0.15, 0.2) is 23.1 Å². The molecule has 0 saturated heterocycles. The number of para-hydroxylation sites is 1. The minimum absolute atomic E-state index is 0.216. The number of nitrogens with zero attached hydrogens (tertiary/aromatic N) is 2. The number of anilines is 1. The van der Waals surface area contributed by atoms with Crippen LogP contribution in [0.3, 0.4) is 0 Å². The van der Waals surface area contributed by atoms with Crippen LogP contribution in [0.15, 0.2) is 78.9 Å². The molecule has 0 unspecified atom stereocenters. The Morgan fingerprint density at radius 3 is 2.68 bits per heavy atom. The van der Waals surface area contributed by atoms with Crippen molar-refractivity contribution in [2.75, 3.05) is 12.1 Å². The second-order valence-electron chi connectivity index (χ2n) is 6.85. The van der Waals surface area contributed by atoms with Crippen molar-refractivity contribution in [2.45, 2.75) is 0 Å². The fraction of sp³-hybridized carbons (Fsp3) is 0.0417. The topological polar surface area (TPSA) is 89.1 Å². The van der Waals surface area contributed by atoms with Crippen molar-refractivity contribution in [1.29, 1.82) is 0 Å². The van der Waals surface area contributed by atoms with Gasteiger partial charge in [-0.25, -0.2) is 4.98 Å². The molecular weight excluding hydrogens is 392 g/mol. The fourth-order valence-corrected chi connectivity index (χ4v) is 3.26. The first-order chi connectivity index (χ1) is 15.3. The minimum atomic E-state index is -0.257. The Morgan fingerprint density at radius 2 is 1.77 bits per heavy atom. The van der Waals surface area contributed by atoms with Gasteiger partial charge in [0.25, 0.3) is 0 Å². The highest BCUT2D eigenvalue weighted by atomic mass is 16.7. The number of aromatic amines is 1. The van der Waals surface area contributed by atoms with Crippen molar-refractivity contribution < 1.29 is 14.3 Å². The Hall–Kier alpha value is -4.39. The highest BCUT2D eigenvalue weighted by Gasteiger charge is 2.14. The SMILES string of the molecule is O=C(/C=C/c1ccc2c(c1)OCO2)Nc1ccccc1-c1nc(-c2ccccc2)n[nH]1. The normalized spacial score (nSPS) is 12.3. The highest BCUT2D eigenvalue weighted by Crippen LogP contribution is 2.33. The molecule has 0 bridgehead atoms. The Balaban J connectivity index is 1.34. The zero-order chi connectivity index (χ0) is 21.0. The number of rotatable bonds is 5. The average molecular weight is 410 g/mol. The summed E-state index contributed by atoms with van der Waals surface area (Å²) in [6.07, 6.45) is 3.20. The van der Waals surface area contributed by atoms with Crippen molar-refractivity contribution in [3.63, 3.8) is 0 Å². The van der Waals surface area contributed by atoms with Gasteiger partial charge in [0.2, 0.25) is 12.7 Å². The summed E-state index contributed by atoms with van der Waals surface area (Å²) in [4.78, 5) is 17.1. The van der Waals surface area contributed by atoms with E-state index in [0.717, 1.165) is 16.7 Å². The molecule has 2 N–H and O–H groups in total. The first kappa shape index (κ1) is 18.6. The lowest BCUT2D eigenvalue weighted by Crippen LogP contribution is -2.09. The number of amides is 1. The molecule has 0 fully saturated rings. The third-order valence-corrected chi connectivity index (χ3v) is 4.78. The maximum Gasteiger partial charge on any atom is 0.248 e. The summed E-state index contributed by atoms with van der Waals surface area (Å²) < 4.78 is 10.7.